The number of nitrogens with zero attached hydrogens (tertiary/aromatic N) is 4. The quantitative estimate of drug-likeness (QED) is 0.359. The molecule has 0 unspecified atom stereocenters. The van der Waals surface area contributed by atoms with Crippen molar-refractivity contribution in [1.82, 2.24) is 30.6 Å². The van der Waals surface area contributed by atoms with Crippen LogP contribution in [-0.4, -0.2) is 51.4 Å². The number of benzene rings is 1. The summed E-state index contributed by atoms with van der Waals surface area (Å²) in [6, 6.07) is 5.37. The minimum atomic E-state index is -0.528. The van der Waals surface area contributed by atoms with E-state index in [4.69, 9.17) is 9.26 Å². The summed E-state index contributed by atoms with van der Waals surface area (Å²) in [6.07, 6.45) is 3.38. The molecule has 2 amide bonds. The van der Waals surface area contributed by atoms with Crippen LogP contribution < -0.4 is 15.4 Å². The van der Waals surface area contributed by atoms with Crippen LogP contribution in [0.4, 0.5) is 0 Å². The molecular weight excluding hydrogens is 592 g/mol. The topological polar surface area (TPSA) is 124 Å². The highest BCUT2D eigenvalue weighted by atomic mass is 79.9. The molecule has 1 aromatic carbocycles. The Balaban J connectivity index is 1.35. The molecule has 158 valence electrons. The van der Waals surface area contributed by atoms with E-state index in [-0.39, 0.29) is 38.0 Å². The van der Waals surface area contributed by atoms with E-state index in [1.165, 1.54) is 0 Å². The van der Waals surface area contributed by atoms with Gasteiger partial charge in [-0.05, 0) is 50.1 Å². The molecule has 0 aliphatic heterocycles. The van der Waals surface area contributed by atoms with Crippen molar-refractivity contribution in [2.75, 3.05) is 19.7 Å². The first-order chi connectivity index (χ1) is 14.4. The van der Waals surface area contributed by atoms with Crippen LogP contribution in [0.1, 0.15) is 16.5 Å². The lowest BCUT2D eigenvalue weighted by atomic mass is 10.3. The molecule has 3 aromatic rings. The number of hydrogen-bond acceptors (Lipinski definition) is 7. The first kappa shape index (κ1) is 22.4. The maximum atomic E-state index is 12.1. The lowest BCUT2D eigenvalue weighted by Gasteiger charge is -2.09. The summed E-state index contributed by atoms with van der Waals surface area (Å²) in [5.41, 5.74) is 0. The van der Waals surface area contributed by atoms with Gasteiger partial charge in [0.1, 0.15) is 12.3 Å². The minimum absolute atomic E-state index is 0.148. The van der Waals surface area contributed by atoms with Crippen molar-refractivity contribution < 1.29 is 18.8 Å². The van der Waals surface area contributed by atoms with Crippen LogP contribution in [-0.2, 0) is 11.3 Å². The second-order valence-electron chi connectivity index (χ2n) is 5.84. The molecule has 3 rings (SSSR count). The molecule has 2 heterocycles. The van der Waals surface area contributed by atoms with Crippen molar-refractivity contribution in [3.8, 4) is 5.75 Å². The first-order valence-electron chi connectivity index (χ1n) is 8.54. The van der Waals surface area contributed by atoms with Crippen molar-refractivity contribution in [3.05, 3.63) is 55.7 Å². The number of hydrogen-bond donors (Lipinski definition) is 2. The Morgan fingerprint density at radius 2 is 1.93 bits per heavy atom. The van der Waals surface area contributed by atoms with Gasteiger partial charge in [-0.3, -0.25) is 14.3 Å². The van der Waals surface area contributed by atoms with Gasteiger partial charge in [0.05, 0.1) is 15.1 Å². The third-order valence-corrected chi connectivity index (χ3v) is 5.08. The van der Waals surface area contributed by atoms with Crippen LogP contribution in [0.15, 0.2) is 48.5 Å². The molecule has 10 nitrogen and oxygen atoms in total. The summed E-state index contributed by atoms with van der Waals surface area (Å²) in [6.45, 7) is 0.534. The summed E-state index contributed by atoms with van der Waals surface area (Å²) in [5, 5.41) is 13.1. The monoisotopic (exact) mass is 604 g/mol. The lowest BCUT2D eigenvalue weighted by molar-refractivity contribution is -0.123. The Labute approximate surface area is 196 Å². The van der Waals surface area contributed by atoms with Gasteiger partial charge >= 0.3 is 11.8 Å². The van der Waals surface area contributed by atoms with Crippen molar-refractivity contribution in [1.29, 1.82) is 0 Å². The molecule has 0 atom stereocenters. The summed E-state index contributed by atoms with van der Waals surface area (Å²) >= 11 is 10.00. The van der Waals surface area contributed by atoms with Gasteiger partial charge in [0.15, 0.2) is 12.4 Å². The van der Waals surface area contributed by atoms with Crippen LogP contribution in [0, 0.1) is 0 Å². The van der Waals surface area contributed by atoms with Gasteiger partial charge in [-0.15, -0.1) is 0 Å². The van der Waals surface area contributed by atoms with Gasteiger partial charge in [0.2, 0.25) is 0 Å². The molecule has 0 saturated heterocycles. The summed E-state index contributed by atoms with van der Waals surface area (Å²) in [4.78, 5) is 27.9. The Morgan fingerprint density at radius 1 is 1.13 bits per heavy atom. The van der Waals surface area contributed by atoms with E-state index in [0.717, 1.165) is 13.4 Å². The fourth-order valence-electron chi connectivity index (χ4n) is 2.22. The maximum Gasteiger partial charge on any atom is 0.316 e. The van der Waals surface area contributed by atoms with Gasteiger partial charge < -0.3 is 19.9 Å². The molecule has 0 radical (unpaired) electrons. The normalized spacial score (nSPS) is 10.6. The largest absolute Gasteiger partial charge is 0.483 e. The van der Waals surface area contributed by atoms with Crippen molar-refractivity contribution in [2.24, 2.45) is 0 Å². The second-order valence-corrected chi connectivity index (χ2v) is 8.53. The summed E-state index contributed by atoms with van der Waals surface area (Å²) in [7, 11) is 0. The number of carbonyl (C=O) groups is 2. The highest BCUT2D eigenvalue weighted by Crippen LogP contribution is 2.28. The zero-order valence-electron chi connectivity index (χ0n) is 15.3. The van der Waals surface area contributed by atoms with Gasteiger partial charge in [0, 0.05) is 23.8 Å². The van der Waals surface area contributed by atoms with Gasteiger partial charge in [-0.1, -0.05) is 21.1 Å². The van der Waals surface area contributed by atoms with Gasteiger partial charge in [-0.25, -0.2) is 0 Å². The van der Waals surface area contributed by atoms with E-state index in [1.54, 1.807) is 23.1 Å². The van der Waals surface area contributed by atoms with Gasteiger partial charge in [-0.2, -0.15) is 10.1 Å². The smallest absolute Gasteiger partial charge is 0.316 e. The van der Waals surface area contributed by atoms with Crippen molar-refractivity contribution >= 4 is 59.6 Å². The molecule has 0 bridgehead atoms. The highest BCUT2D eigenvalue weighted by molar-refractivity contribution is 9.11. The third kappa shape index (κ3) is 6.64. The predicted octanol–water partition coefficient (Wildman–Crippen LogP) is 2.53. The van der Waals surface area contributed by atoms with Crippen LogP contribution in [0.25, 0.3) is 0 Å². The first-order valence-corrected chi connectivity index (χ1v) is 10.9. The molecule has 0 aliphatic rings. The third-order valence-electron chi connectivity index (χ3n) is 3.55. The molecular formula is C17H15Br3N6O4. The van der Waals surface area contributed by atoms with Crippen LogP contribution in [0.5, 0.6) is 5.75 Å². The Hall–Kier alpha value is -2.25. The molecule has 30 heavy (non-hydrogen) atoms. The number of nitrogens with one attached hydrogen (secondary N) is 2. The van der Waals surface area contributed by atoms with Crippen molar-refractivity contribution in [2.45, 2.75) is 6.54 Å². The maximum absolute atomic E-state index is 12.1. The highest BCUT2D eigenvalue weighted by Gasteiger charge is 2.15. The van der Waals surface area contributed by atoms with E-state index >= 15 is 0 Å². The van der Waals surface area contributed by atoms with Crippen LogP contribution in [0.2, 0.25) is 0 Å². The SMILES string of the molecule is O=C(COc1ccc(Br)cc1Br)NCCNC(=O)c1nc(Cn2cc(Br)cn2)no1. The van der Waals surface area contributed by atoms with E-state index in [1.807, 2.05) is 12.1 Å². The van der Waals surface area contributed by atoms with E-state index < -0.39 is 5.91 Å². The zero-order chi connectivity index (χ0) is 21.5. The number of carbonyl (C=O) groups excluding carboxylic acids is 2. The Bertz CT molecular complexity index is 1040. The standard InChI is InChI=1S/C17H15Br3N6O4/c18-10-1-2-13(12(20)5-10)29-9-15(27)21-3-4-22-16(28)17-24-14(25-30-17)8-26-7-11(19)6-23-26/h1-2,5-7H,3-4,8-9H2,(H,21,27)(H,22,28). The second kappa shape index (κ2) is 10.7. The number of halogens is 3. The fraction of sp³-hybridized carbons (Fsp3) is 0.235. The van der Waals surface area contributed by atoms with E-state index in [2.05, 4.69) is 73.7 Å². The molecule has 2 N–H and O–H groups in total. The average molecular weight is 607 g/mol. The Morgan fingerprint density at radius 3 is 2.67 bits per heavy atom. The summed E-state index contributed by atoms with van der Waals surface area (Å²) in [5.74, 6) is -0.133. The van der Waals surface area contributed by atoms with E-state index in [9.17, 15) is 9.59 Å². The number of aromatic nitrogens is 4. The molecule has 0 fully saturated rings. The Kier molecular flexibility index (Phi) is 7.99. The molecule has 13 heteroatoms. The number of amides is 2. The number of rotatable bonds is 9. The van der Waals surface area contributed by atoms with E-state index in [0.29, 0.717) is 11.6 Å². The molecule has 2 aromatic heterocycles. The molecule has 0 aliphatic carbocycles. The summed E-state index contributed by atoms with van der Waals surface area (Å²) < 4.78 is 14.4. The predicted molar refractivity (Wildman–Crippen MR) is 116 cm³/mol. The minimum Gasteiger partial charge on any atom is -0.483 e. The van der Waals surface area contributed by atoms with Crippen LogP contribution in [0.3, 0.4) is 0 Å². The fourth-order valence-corrected chi connectivity index (χ4v) is 3.71. The van der Waals surface area contributed by atoms with Crippen LogP contribution >= 0.6 is 47.8 Å². The number of ether oxygens (including phenoxy) is 1. The zero-order valence-corrected chi connectivity index (χ0v) is 20.0. The average Bonchev–Trinajstić information content (AvgIpc) is 3.33. The van der Waals surface area contributed by atoms with Crippen molar-refractivity contribution in [3.63, 3.8) is 0 Å². The lowest BCUT2D eigenvalue weighted by Crippen LogP contribution is -2.36. The molecule has 0 saturated carbocycles. The molecule has 0 spiro atoms. The van der Waals surface area contributed by atoms with Gasteiger partial charge in [0.25, 0.3) is 5.91 Å².